The lowest BCUT2D eigenvalue weighted by Crippen LogP contribution is -2.07. The van der Waals surface area contributed by atoms with Crippen LogP contribution in [0.4, 0.5) is 0 Å². The van der Waals surface area contributed by atoms with Gasteiger partial charge in [0.25, 0.3) is 0 Å². The summed E-state index contributed by atoms with van der Waals surface area (Å²) in [5.74, 6) is 1.54. The number of aromatic nitrogens is 3. The average Bonchev–Trinajstić information content (AvgIpc) is 3.03. The third-order valence-electron chi connectivity index (χ3n) is 3.60. The van der Waals surface area contributed by atoms with E-state index >= 15 is 0 Å². The van der Waals surface area contributed by atoms with Crippen LogP contribution in [0.5, 0.6) is 0 Å². The Morgan fingerprint density at radius 2 is 2.25 bits per heavy atom. The van der Waals surface area contributed by atoms with E-state index in [0.29, 0.717) is 19.0 Å². The van der Waals surface area contributed by atoms with Gasteiger partial charge in [0.15, 0.2) is 11.6 Å². The average molecular weight is 293 g/mol. The Kier molecular flexibility index (Phi) is 4.14. The van der Waals surface area contributed by atoms with E-state index in [1.165, 1.54) is 35.3 Å². The summed E-state index contributed by atoms with van der Waals surface area (Å²) in [5.41, 5.74) is 2.62. The maximum Gasteiger partial charge on any atom is 0.176 e. The van der Waals surface area contributed by atoms with E-state index in [2.05, 4.69) is 15.5 Å². The van der Waals surface area contributed by atoms with Gasteiger partial charge in [-0.2, -0.15) is 5.10 Å². The molecule has 0 saturated carbocycles. The topological polar surface area (TPSA) is 60.2 Å². The molecule has 0 radical (unpaired) electrons. The number of rotatable bonds is 5. The first-order valence-corrected chi connectivity index (χ1v) is 7.84. The second-order valence-electron chi connectivity index (χ2n) is 4.99. The molecule has 0 saturated heterocycles. The number of nitrogens with zero attached hydrogens (tertiary/aromatic N) is 3. The Morgan fingerprint density at radius 1 is 1.40 bits per heavy atom. The minimum absolute atomic E-state index is 0.0646. The molecule has 0 spiro atoms. The summed E-state index contributed by atoms with van der Waals surface area (Å²) < 4.78 is 6.90. The van der Waals surface area contributed by atoms with Crippen molar-refractivity contribution in [2.45, 2.75) is 38.8 Å². The summed E-state index contributed by atoms with van der Waals surface area (Å²) in [6.45, 7) is 0.934. The summed E-state index contributed by atoms with van der Waals surface area (Å²) in [7, 11) is 1.64. The number of thiophene rings is 1. The van der Waals surface area contributed by atoms with Gasteiger partial charge >= 0.3 is 0 Å². The molecular formula is C14H19N3O2S. The summed E-state index contributed by atoms with van der Waals surface area (Å²) in [6, 6.07) is 0. The lowest BCUT2D eigenvalue weighted by Gasteiger charge is -2.12. The summed E-state index contributed by atoms with van der Waals surface area (Å²) in [5, 5.41) is 15.8. The molecule has 3 rings (SSSR count). The van der Waals surface area contributed by atoms with Crippen LogP contribution in [0, 0.1) is 0 Å². The van der Waals surface area contributed by atoms with Crippen LogP contribution in [-0.2, 0) is 30.7 Å². The van der Waals surface area contributed by atoms with Gasteiger partial charge in [0.1, 0.15) is 6.61 Å². The van der Waals surface area contributed by atoms with Crippen molar-refractivity contribution in [2.24, 2.45) is 0 Å². The van der Waals surface area contributed by atoms with Crippen molar-refractivity contribution in [3.8, 4) is 11.4 Å². The van der Waals surface area contributed by atoms with Gasteiger partial charge < -0.3 is 9.84 Å². The van der Waals surface area contributed by atoms with Gasteiger partial charge in [0.05, 0.1) is 13.2 Å². The zero-order valence-electron chi connectivity index (χ0n) is 11.6. The van der Waals surface area contributed by atoms with Crippen LogP contribution in [0.1, 0.15) is 29.1 Å². The van der Waals surface area contributed by atoms with Crippen molar-refractivity contribution in [3.63, 3.8) is 0 Å². The Balaban J connectivity index is 2.01. The Hall–Kier alpha value is -1.24. The highest BCUT2D eigenvalue weighted by Gasteiger charge is 2.21. The van der Waals surface area contributed by atoms with Gasteiger partial charge in [-0.3, -0.25) is 0 Å². The van der Waals surface area contributed by atoms with Crippen molar-refractivity contribution in [3.05, 3.63) is 21.6 Å². The fourth-order valence-electron chi connectivity index (χ4n) is 2.71. The molecule has 0 unspecified atom stereocenters. The van der Waals surface area contributed by atoms with Crippen molar-refractivity contribution < 1.29 is 9.84 Å². The first-order valence-electron chi connectivity index (χ1n) is 6.96. The molecule has 0 aromatic carbocycles. The minimum atomic E-state index is 0.0646. The first kappa shape index (κ1) is 13.7. The fourth-order valence-corrected chi connectivity index (χ4v) is 3.83. The third kappa shape index (κ3) is 2.51. The number of aliphatic hydroxyl groups is 1. The third-order valence-corrected chi connectivity index (χ3v) is 4.69. The van der Waals surface area contributed by atoms with Gasteiger partial charge in [0, 0.05) is 22.9 Å². The molecular weight excluding hydrogens is 274 g/mol. The highest BCUT2D eigenvalue weighted by Crippen LogP contribution is 2.35. The molecule has 2 aromatic heterocycles. The van der Waals surface area contributed by atoms with Gasteiger partial charge in [-0.25, -0.2) is 9.67 Å². The first-order chi connectivity index (χ1) is 9.83. The van der Waals surface area contributed by atoms with Crippen LogP contribution in [0.2, 0.25) is 0 Å². The maximum atomic E-state index is 9.20. The zero-order valence-corrected chi connectivity index (χ0v) is 12.4. The number of aryl methyl sites for hydroxylation is 1. The molecule has 0 bridgehead atoms. The van der Waals surface area contributed by atoms with E-state index in [4.69, 9.17) is 4.74 Å². The quantitative estimate of drug-likeness (QED) is 0.916. The Bertz CT molecular complexity index is 591. The smallest absolute Gasteiger partial charge is 0.176 e. The largest absolute Gasteiger partial charge is 0.394 e. The van der Waals surface area contributed by atoms with E-state index in [1.54, 1.807) is 11.8 Å². The number of fused-ring (bicyclic) bond motifs is 1. The molecule has 0 fully saturated rings. The summed E-state index contributed by atoms with van der Waals surface area (Å²) in [4.78, 5) is 6.08. The van der Waals surface area contributed by atoms with Gasteiger partial charge in [-0.05, 0) is 31.2 Å². The second kappa shape index (κ2) is 6.03. The van der Waals surface area contributed by atoms with Crippen molar-refractivity contribution in [1.29, 1.82) is 0 Å². The molecule has 2 aromatic rings. The SMILES string of the molecule is COCc1nc(-c2csc3c2CCCC3)n(CCO)n1. The van der Waals surface area contributed by atoms with Crippen molar-refractivity contribution in [2.75, 3.05) is 13.7 Å². The molecule has 2 heterocycles. The molecule has 20 heavy (non-hydrogen) atoms. The van der Waals surface area contributed by atoms with Crippen molar-refractivity contribution in [1.82, 2.24) is 14.8 Å². The predicted octanol–water partition coefficient (Wildman–Crippen LogP) is 2.02. The standard InChI is InChI=1S/C14H19N3O2S/c1-19-8-13-15-14(17(16-13)6-7-18)11-9-20-12-5-3-2-4-10(11)12/h9,18H,2-8H2,1H3. The number of hydrogen-bond donors (Lipinski definition) is 1. The van der Waals surface area contributed by atoms with E-state index in [0.717, 1.165) is 12.2 Å². The van der Waals surface area contributed by atoms with Crippen molar-refractivity contribution >= 4 is 11.3 Å². The normalized spacial score (nSPS) is 14.5. The minimum Gasteiger partial charge on any atom is -0.394 e. The summed E-state index contributed by atoms with van der Waals surface area (Å²) >= 11 is 1.82. The second-order valence-corrected chi connectivity index (χ2v) is 5.95. The fraction of sp³-hybridized carbons (Fsp3) is 0.571. The monoisotopic (exact) mass is 293 g/mol. The molecule has 0 atom stereocenters. The molecule has 1 aliphatic rings. The van der Waals surface area contributed by atoms with E-state index < -0.39 is 0 Å². The zero-order chi connectivity index (χ0) is 13.9. The molecule has 6 heteroatoms. The van der Waals surface area contributed by atoms with Gasteiger partial charge in [-0.1, -0.05) is 0 Å². The number of methoxy groups -OCH3 is 1. The van der Waals surface area contributed by atoms with Crippen LogP contribution in [0.15, 0.2) is 5.38 Å². The van der Waals surface area contributed by atoms with Crippen LogP contribution in [-0.4, -0.2) is 33.6 Å². The van der Waals surface area contributed by atoms with Crippen LogP contribution < -0.4 is 0 Å². The lowest BCUT2D eigenvalue weighted by molar-refractivity contribution is 0.177. The van der Waals surface area contributed by atoms with Gasteiger partial charge in [-0.15, -0.1) is 11.3 Å². The molecule has 0 aliphatic heterocycles. The highest BCUT2D eigenvalue weighted by molar-refractivity contribution is 7.10. The lowest BCUT2D eigenvalue weighted by atomic mass is 9.96. The van der Waals surface area contributed by atoms with E-state index in [1.807, 2.05) is 11.3 Å². The Morgan fingerprint density at radius 3 is 3.05 bits per heavy atom. The molecule has 1 N–H and O–H groups in total. The van der Waals surface area contributed by atoms with Crippen LogP contribution >= 0.6 is 11.3 Å². The number of ether oxygens (including phenoxy) is 1. The molecule has 5 nitrogen and oxygen atoms in total. The molecule has 1 aliphatic carbocycles. The maximum absolute atomic E-state index is 9.20. The van der Waals surface area contributed by atoms with Crippen LogP contribution in [0.3, 0.4) is 0 Å². The van der Waals surface area contributed by atoms with Gasteiger partial charge in [0.2, 0.25) is 0 Å². The number of aliphatic hydroxyl groups excluding tert-OH is 1. The summed E-state index contributed by atoms with van der Waals surface area (Å²) in [6.07, 6.45) is 4.83. The predicted molar refractivity (Wildman–Crippen MR) is 77.8 cm³/mol. The highest BCUT2D eigenvalue weighted by atomic mass is 32.1. The molecule has 108 valence electrons. The van der Waals surface area contributed by atoms with E-state index in [-0.39, 0.29) is 6.61 Å². The van der Waals surface area contributed by atoms with E-state index in [9.17, 15) is 5.11 Å². The number of hydrogen-bond acceptors (Lipinski definition) is 5. The molecule has 0 amide bonds. The Labute approximate surface area is 122 Å². The van der Waals surface area contributed by atoms with Crippen LogP contribution in [0.25, 0.3) is 11.4 Å².